The summed E-state index contributed by atoms with van der Waals surface area (Å²) in [7, 11) is 0. The fourth-order valence-electron chi connectivity index (χ4n) is 3.15. The first-order valence-electron chi connectivity index (χ1n) is 11.3. The standard InChI is InChI=1S/C24H26N6O3.C2H6/c1-5-33-22(32)19(20(31)16-9-7-6-8-10-16)21(25)29-23(26)30-24-27-15(4)17-11-13(2)14(3)12-18(17)28-24;1-2/h6-12,31H,5H2,1-4H3,(H4,25,26,27,28,29,30);1-2H3. The number of hydrogen-bond donors (Lipinski definition) is 3. The van der Waals surface area contributed by atoms with Crippen LogP contribution in [-0.4, -0.2) is 39.4 Å². The van der Waals surface area contributed by atoms with Crippen LogP contribution in [0.5, 0.6) is 0 Å². The summed E-state index contributed by atoms with van der Waals surface area (Å²) in [6, 6.07) is 12.4. The van der Waals surface area contributed by atoms with Crippen LogP contribution in [0.25, 0.3) is 16.7 Å². The van der Waals surface area contributed by atoms with Crippen LogP contribution in [0.2, 0.25) is 0 Å². The number of carbonyl (C=O) groups excluding carboxylic acids is 1. The van der Waals surface area contributed by atoms with Gasteiger partial charge in [0.15, 0.2) is 0 Å². The molecule has 0 fully saturated rings. The summed E-state index contributed by atoms with van der Waals surface area (Å²) >= 11 is 0. The third kappa shape index (κ3) is 6.63. The van der Waals surface area contributed by atoms with E-state index in [2.05, 4.69) is 20.0 Å². The minimum absolute atomic E-state index is 0.0877. The van der Waals surface area contributed by atoms with Gasteiger partial charge in [-0.05, 0) is 51.0 Å². The molecule has 0 unspecified atom stereocenters. The second kappa shape index (κ2) is 12.3. The summed E-state index contributed by atoms with van der Waals surface area (Å²) in [4.78, 5) is 29.4. The third-order valence-corrected chi connectivity index (χ3v) is 4.96. The van der Waals surface area contributed by atoms with Gasteiger partial charge in [0, 0.05) is 10.9 Å². The Bertz CT molecular complexity index is 1300. The van der Waals surface area contributed by atoms with E-state index in [1.165, 1.54) is 0 Å². The monoisotopic (exact) mass is 476 g/mol. The molecule has 1 aromatic heterocycles. The fraction of sp³-hybridized carbons (Fsp3) is 0.269. The molecular formula is C26H32N6O3. The van der Waals surface area contributed by atoms with Crippen molar-refractivity contribution in [3.05, 3.63) is 70.4 Å². The maximum atomic E-state index is 12.5. The van der Waals surface area contributed by atoms with E-state index >= 15 is 0 Å². The van der Waals surface area contributed by atoms with E-state index in [4.69, 9.17) is 16.2 Å². The molecule has 3 rings (SSSR count). The minimum Gasteiger partial charge on any atom is -0.506 e. The van der Waals surface area contributed by atoms with Gasteiger partial charge in [0.2, 0.25) is 5.96 Å². The first-order chi connectivity index (χ1) is 16.7. The number of guanidine groups is 1. The molecule has 0 saturated heterocycles. The number of esters is 1. The number of nitrogens with zero attached hydrogens (tertiary/aromatic N) is 4. The molecule has 9 heteroatoms. The average molecular weight is 477 g/mol. The van der Waals surface area contributed by atoms with Crippen molar-refractivity contribution in [3.8, 4) is 0 Å². The molecule has 0 aliphatic rings. The third-order valence-electron chi connectivity index (χ3n) is 4.96. The minimum atomic E-state index is -0.837. The number of benzene rings is 2. The number of aliphatic hydroxyl groups is 1. The maximum Gasteiger partial charge on any atom is 0.345 e. The number of nitrogens with two attached hydrogens (primary N) is 2. The largest absolute Gasteiger partial charge is 0.506 e. The quantitative estimate of drug-likeness (QED) is 0.162. The second-order valence-electron chi connectivity index (χ2n) is 7.34. The smallest absolute Gasteiger partial charge is 0.345 e. The van der Waals surface area contributed by atoms with Crippen LogP contribution >= 0.6 is 0 Å². The lowest BCUT2D eigenvalue weighted by atomic mass is 10.1. The van der Waals surface area contributed by atoms with Crippen molar-refractivity contribution in [2.75, 3.05) is 6.61 Å². The molecule has 2 aromatic carbocycles. The molecule has 0 bridgehead atoms. The summed E-state index contributed by atoms with van der Waals surface area (Å²) in [5, 5.41) is 11.6. The van der Waals surface area contributed by atoms with Crippen molar-refractivity contribution >= 4 is 40.4 Å². The van der Waals surface area contributed by atoms with E-state index in [1.54, 1.807) is 37.3 Å². The van der Waals surface area contributed by atoms with E-state index in [-0.39, 0.29) is 35.7 Å². The average Bonchev–Trinajstić information content (AvgIpc) is 2.82. The van der Waals surface area contributed by atoms with Crippen molar-refractivity contribution in [1.82, 2.24) is 9.97 Å². The topological polar surface area (TPSA) is 149 Å². The molecule has 5 N–H and O–H groups in total. The summed E-state index contributed by atoms with van der Waals surface area (Å²) in [6.45, 7) is 11.6. The highest BCUT2D eigenvalue weighted by Gasteiger charge is 2.22. The molecule has 184 valence electrons. The normalized spacial score (nSPS) is 12.5. The van der Waals surface area contributed by atoms with Gasteiger partial charge in [0.1, 0.15) is 17.2 Å². The Labute approximate surface area is 205 Å². The molecule has 1 heterocycles. The summed E-state index contributed by atoms with van der Waals surface area (Å²) < 4.78 is 5.03. The highest BCUT2D eigenvalue weighted by molar-refractivity contribution is 6.24. The maximum absolute atomic E-state index is 12.5. The van der Waals surface area contributed by atoms with Gasteiger partial charge in [-0.2, -0.15) is 9.98 Å². The van der Waals surface area contributed by atoms with E-state index < -0.39 is 5.97 Å². The highest BCUT2D eigenvalue weighted by atomic mass is 16.5. The van der Waals surface area contributed by atoms with Crippen molar-refractivity contribution < 1.29 is 14.6 Å². The van der Waals surface area contributed by atoms with Gasteiger partial charge in [0.05, 0.1) is 17.8 Å². The summed E-state index contributed by atoms with van der Waals surface area (Å²) in [6.07, 6.45) is 0. The Balaban J connectivity index is 0.00000210. The van der Waals surface area contributed by atoms with Crippen molar-refractivity contribution in [1.29, 1.82) is 0 Å². The molecule has 3 aromatic rings. The molecule has 0 spiro atoms. The first kappa shape index (κ1) is 27.0. The molecule has 0 saturated carbocycles. The van der Waals surface area contributed by atoms with Crippen molar-refractivity contribution in [2.24, 2.45) is 21.5 Å². The number of carbonyl (C=O) groups is 1. The van der Waals surface area contributed by atoms with Crippen LogP contribution in [0.3, 0.4) is 0 Å². The second-order valence-corrected chi connectivity index (χ2v) is 7.34. The van der Waals surface area contributed by atoms with Gasteiger partial charge in [-0.15, -0.1) is 0 Å². The molecular weight excluding hydrogens is 444 g/mol. The molecule has 0 aliphatic heterocycles. The number of aliphatic hydroxyl groups excluding tert-OH is 1. The SMILES string of the molecule is CC.CCOC(=O)C(C(N)=NC(N)=Nc1nc(C)c2cc(C)c(C)cc2n1)=C(O)c1ccccc1. The lowest BCUT2D eigenvalue weighted by Gasteiger charge is -2.10. The summed E-state index contributed by atoms with van der Waals surface area (Å²) in [5.41, 5.74) is 15.7. The van der Waals surface area contributed by atoms with Crippen LogP contribution < -0.4 is 11.5 Å². The van der Waals surface area contributed by atoms with Crippen LogP contribution in [0.15, 0.2) is 58.0 Å². The Kier molecular flexibility index (Phi) is 9.45. The number of ether oxygens (including phenoxy) is 1. The highest BCUT2D eigenvalue weighted by Crippen LogP contribution is 2.22. The zero-order chi connectivity index (χ0) is 26.1. The predicted octanol–water partition coefficient (Wildman–Crippen LogP) is 4.42. The van der Waals surface area contributed by atoms with Gasteiger partial charge in [-0.25, -0.2) is 14.8 Å². The number of hydrogen-bond acceptors (Lipinski definition) is 6. The molecule has 0 atom stereocenters. The Morgan fingerprint density at radius 1 is 1.03 bits per heavy atom. The van der Waals surface area contributed by atoms with Crippen LogP contribution in [0, 0.1) is 20.8 Å². The lowest BCUT2D eigenvalue weighted by Crippen LogP contribution is -2.27. The molecule has 35 heavy (non-hydrogen) atoms. The van der Waals surface area contributed by atoms with Gasteiger partial charge in [-0.1, -0.05) is 44.2 Å². The number of fused-ring (bicyclic) bond motifs is 1. The predicted molar refractivity (Wildman–Crippen MR) is 141 cm³/mol. The van der Waals surface area contributed by atoms with E-state index in [9.17, 15) is 9.90 Å². The Hall–Kier alpha value is -4.27. The zero-order valence-electron chi connectivity index (χ0n) is 21.0. The van der Waals surface area contributed by atoms with Gasteiger partial charge < -0.3 is 21.3 Å². The number of aliphatic imine (C=N–C) groups is 2. The van der Waals surface area contributed by atoms with Crippen molar-refractivity contribution in [3.63, 3.8) is 0 Å². The number of amidine groups is 1. The van der Waals surface area contributed by atoms with Crippen LogP contribution in [0.4, 0.5) is 5.95 Å². The molecule has 0 amide bonds. The zero-order valence-corrected chi connectivity index (χ0v) is 21.0. The van der Waals surface area contributed by atoms with E-state index in [0.717, 1.165) is 27.7 Å². The van der Waals surface area contributed by atoms with E-state index in [0.29, 0.717) is 5.56 Å². The van der Waals surface area contributed by atoms with Crippen molar-refractivity contribution in [2.45, 2.75) is 41.5 Å². The van der Waals surface area contributed by atoms with Crippen LogP contribution in [-0.2, 0) is 9.53 Å². The Morgan fingerprint density at radius 2 is 1.66 bits per heavy atom. The number of aromatic nitrogens is 2. The van der Waals surface area contributed by atoms with Gasteiger partial charge in [0.25, 0.3) is 5.95 Å². The summed E-state index contributed by atoms with van der Waals surface area (Å²) in [5.74, 6) is -1.74. The Morgan fingerprint density at radius 3 is 2.29 bits per heavy atom. The number of aryl methyl sites for hydroxylation is 3. The van der Waals surface area contributed by atoms with Gasteiger partial charge >= 0.3 is 5.97 Å². The molecule has 9 nitrogen and oxygen atoms in total. The fourth-order valence-corrected chi connectivity index (χ4v) is 3.15. The van der Waals surface area contributed by atoms with Crippen LogP contribution in [0.1, 0.15) is 43.2 Å². The molecule has 0 aliphatic carbocycles. The lowest BCUT2D eigenvalue weighted by molar-refractivity contribution is -0.137. The van der Waals surface area contributed by atoms with Gasteiger partial charge in [-0.3, -0.25) is 0 Å². The number of rotatable bonds is 5. The van der Waals surface area contributed by atoms with E-state index in [1.807, 2.05) is 46.8 Å². The molecule has 0 radical (unpaired) electrons. The first-order valence-corrected chi connectivity index (χ1v) is 11.3.